The molecule has 0 saturated heterocycles. The summed E-state index contributed by atoms with van der Waals surface area (Å²) < 4.78 is 0. The topological polar surface area (TPSA) is 57.6 Å². The summed E-state index contributed by atoms with van der Waals surface area (Å²) in [6.07, 6.45) is 1.32. The second-order valence-corrected chi connectivity index (χ2v) is 3.73. The molecule has 1 aliphatic heterocycles. The van der Waals surface area contributed by atoms with Crippen LogP contribution >= 0.6 is 0 Å². The van der Waals surface area contributed by atoms with E-state index in [0.717, 1.165) is 10.5 Å². The molecule has 0 saturated carbocycles. The van der Waals surface area contributed by atoms with Crippen molar-refractivity contribution >= 4 is 11.8 Å². The van der Waals surface area contributed by atoms with Crippen LogP contribution in [0.15, 0.2) is 35.9 Å². The molecule has 4 nitrogen and oxygen atoms in total. The number of carbonyl (C=O) groups is 2. The van der Waals surface area contributed by atoms with E-state index in [1.54, 1.807) is 25.1 Å². The molecule has 0 atom stereocenters. The molecule has 1 aliphatic rings. The number of phenols is 1. The summed E-state index contributed by atoms with van der Waals surface area (Å²) in [6.45, 7) is 1.81. The van der Waals surface area contributed by atoms with Crippen LogP contribution < -0.4 is 0 Å². The number of hydrogen-bond acceptors (Lipinski definition) is 3. The quantitative estimate of drug-likeness (QED) is 0.757. The van der Waals surface area contributed by atoms with Gasteiger partial charge in [-0.15, -0.1) is 0 Å². The van der Waals surface area contributed by atoms with Crippen LogP contribution in [0.3, 0.4) is 0 Å². The maximum Gasteiger partial charge on any atom is 0.256 e. The second-order valence-electron chi connectivity index (χ2n) is 3.73. The Kier molecular flexibility index (Phi) is 2.48. The molecule has 0 aromatic heterocycles. The Morgan fingerprint density at radius 1 is 1.31 bits per heavy atom. The van der Waals surface area contributed by atoms with Gasteiger partial charge in [0, 0.05) is 11.6 Å². The van der Waals surface area contributed by atoms with Crippen molar-refractivity contribution in [2.45, 2.75) is 13.5 Å². The molecule has 2 amide bonds. The molecule has 0 unspecified atom stereocenters. The van der Waals surface area contributed by atoms with E-state index in [4.69, 9.17) is 0 Å². The summed E-state index contributed by atoms with van der Waals surface area (Å²) in [7, 11) is 0. The fraction of sp³-hybridized carbons (Fsp3) is 0.167. The highest BCUT2D eigenvalue weighted by molar-refractivity contribution is 6.15. The zero-order valence-corrected chi connectivity index (χ0v) is 8.80. The summed E-state index contributed by atoms with van der Waals surface area (Å²) in [6, 6.07) is 6.51. The Morgan fingerprint density at radius 3 is 2.62 bits per heavy atom. The molecule has 1 heterocycles. The van der Waals surface area contributed by atoms with E-state index in [0.29, 0.717) is 5.57 Å². The maximum absolute atomic E-state index is 11.6. The summed E-state index contributed by atoms with van der Waals surface area (Å²) in [5.41, 5.74) is 1.18. The minimum Gasteiger partial charge on any atom is -0.508 e. The lowest BCUT2D eigenvalue weighted by molar-refractivity contribution is -0.137. The Bertz CT molecular complexity index is 491. The third-order valence-electron chi connectivity index (χ3n) is 2.44. The highest BCUT2D eigenvalue weighted by Gasteiger charge is 2.28. The third kappa shape index (κ3) is 1.82. The predicted molar refractivity (Wildman–Crippen MR) is 57.4 cm³/mol. The number of hydrogen-bond donors (Lipinski definition) is 1. The number of nitrogens with zero attached hydrogens (tertiary/aromatic N) is 1. The fourth-order valence-electron chi connectivity index (χ4n) is 1.62. The molecule has 1 aromatic carbocycles. The Hall–Kier alpha value is -2.10. The number of carbonyl (C=O) groups excluding carboxylic acids is 2. The predicted octanol–water partition coefficient (Wildman–Crippen LogP) is 1.21. The Morgan fingerprint density at radius 2 is 2.06 bits per heavy atom. The van der Waals surface area contributed by atoms with Crippen LogP contribution in [0.25, 0.3) is 0 Å². The van der Waals surface area contributed by atoms with Crippen LogP contribution in [0.1, 0.15) is 12.5 Å². The average Bonchev–Trinajstić information content (AvgIpc) is 2.45. The van der Waals surface area contributed by atoms with Crippen molar-refractivity contribution in [2.24, 2.45) is 0 Å². The number of benzene rings is 1. The summed E-state index contributed by atoms with van der Waals surface area (Å²) in [5, 5.41) is 9.27. The molecule has 2 rings (SSSR count). The van der Waals surface area contributed by atoms with E-state index < -0.39 is 0 Å². The normalized spacial score (nSPS) is 15.6. The monoisotopic (exact) mass is 217 g/mol. The van der Waals surface area contributed by atoms with Gasteiger partial charge in [-0.1, -0.05) is 12.1 Å². The number of rotatable bonds is 2. The van der Waals surface area contributed by atoms with E-state index >= 15 is 0 Å². The van der Waals surface area contributed by atoms with Crippen LogP contribution in [0, 0.1) is 0 Å². The minimum atomic E-state index is -0.300. The zero-order valence-electron chi connectivity index (χ0n) is 8.80. The Balaban J connectivity index is 2.18. The molecular formula is C12H11NO3. The van der Waals surface area contributed by atoms with Crippen molar-refractivity contribution in [3.63, 3.8) is 0 Å². The van der Waals surface area contributed by atoms with Crippen molar-refractivity contribution in [1.82, 2.24) is 4.90 Å². The molecule has 16 heavy (non-hydrogen) atoms. The van der Waals surface area contributed by atoms with Gasteiger partial charge in [-0.25, -0.2) is 0 Å². The van der Waals surface area contributed by atoms with E-state index in [9.17, 15) is 14.7 Å². The molecule has 0 bridgehead atoms. The SMILES string of the molecule is CC1=CC(=O)N(Cc2cccc(O)c2)C1=O. The largest absolute Gasteiger partial charge is 0.508 e. The van der Waals surface area contributed by atoms with Crippen LogP contribution in [0.2, 0.25) is 0 Å². The van der Waals surface area contributed by atoms with Gasteiger partial charge in [-0.3, -0.25) is 14.5 Å². The zero-order chi connectivity index (χ0) is 11.7. The number of aromatic hydroxyl groups is 1. The number of phenolic OH excluding ortho intramolecular Hbond substituents is 1. The van der Waals surface area contributed by atoms with Crippen LogP contribution in [0.5, 0.6) is 5.75 Å². The van der Waals surface area contributed by atoms with Gasteiger partial charge < -0.3 is 5.11 Å². The van der Waals surface area contributed by atoms with E-state index in [1.807, 2.05) is 0 Å². The van der Waals surface area contributed by atoms with Gasteiger partial charge in [0.05, 0.1) is 6.54 Å². The first kappa shape index (κ1) is 10.4. The minimum absolute atomic E-state index is 0.126. The molecule has 1 aromatic rings. The van der Waals surface area contributed by atoms with Gasteiger partial charge >= 0.3 is 0 Å². The van der Waals surface area contributed by atoms with Crippen molar-refractivity contribution in [2.75, 3.05) is 0 Å². The first-order valence-electron chi connectivity index (χ1n) is 4.90. The first-order valence-corrected chi connectivity index (χ1v) is 4.90. The molecule has 0 spiro atoms. The van der Waals surface area contributed by atoms with E-state index in [-0.39, 0.29) is 24.1 Å². The van der Waals surface area contributed by atoms with Gasteiger partial charge in [-0.05, 0) is 24.6 Å². The summed E-state index contributed by atoms with van der Waals surface area (Å²) >= 11 is 0. The highest BCUT2D eigenvalue weighted by atomic mass is 16.3. The molecule has 0 fully saturated rings. The van der Waals surface area contributed by atoms with E-state index in [1.165, 1.54) is 12.1 Å². The van der Waals surface area contributed by atoms with Crippen molar-refractivity contribution < 1.29 is 14.7 Å². The van der Waals surface area contributed by atoms with Gasteiger partial charge in [-0.2, -0.15) is 0 Å². The molecule has 0 radical (unpaired) electrons. The lowest BCUT2D eigenvalue weighted by Gasteiger charge is -2.14. The molecule has 0 aliphatic carbocycles. The molecule has 82 valence electrons. The van der Waals surface area contributed by atoms with Crippen LogP contribution in [0.4, 0.5) is 0 Å². The standard InChI is InChI=1S/C12H11NO3/c1-8-5-11(15)13(12(8)16)7-9-3-2-4-10(14)6-9/h2-6,14H,7H2,1H3. The summed E-state index contributed by atoms with van der Waals surface area (Å²) in [4.78, 5) is 24.2. The number of imide groups is 1. The highest BCUT2D eigenvalue weighted by Crippen LogP contribution is 2.18. The van der Waals surface area contributed by atoms with Gasteiger partial charge in [0.1, 0.15) is 5.75 Å². The summed E-state index contributed by atoms with van der Waals surface area (Å²) in [5.74, 6) is -0.444. The second kappa shape index (κ2) is 3.81. The maximum atomic E-state index is 11.6. The molecule has 1 N–H and O–H groups in total. The first-order chi connectivity index (χ1) is 7.58. The Labute approximate surface area is 92.8 Å². The van der Waals surface area contributed by atoms with Gasteiger partial charge in [0.25, 0.3) is 11.8 Å². The van der Waals surface area contributed by atoms with Crippen LogP contribution in [-0.2, 0) is 16.1 Å². The fourth-order valence-corrected chi connectivity index (χ4v) is 1.62. The lowest BCUT2D eigenvalue weighted by atomic mass is 10.2. The third-order valence-corrected chi connectivity index (χ3v) is 2.44. The van der Waals surface area contributed by atoms with Crippen molar-refractivity contribution in [1.29, 1.82) is 0 Å². The van der Waals surface area contributed by atoms with Crippen molar-refractivity contribution in [3.8, 4) is 5.75 Å². The van der Waals surface area contributed by atoms with Gasteiger partial charge in [0.15, 0.2) is 0 Å². The molecular weight excluding hydrogens is 206 g/mol. The van der Waals surface area contributed by atoms with E-state index in [2.05, 4.69) is 0 Å². The smallest absolute Gasteiger partial charge is 0.256 e. The van der Waals surface area contributed by atoms with Gasteiger partial charge in [0.2, 0.25) is 0 Å². The number of amides is 2. The van der Waals surface area contributed by atoms with Crippen LogP contribution in [-0.4, -0.2) is 21.8 Å². The average molecular weight is 217 g/mol. The van der Waals surface area contributed by atoms with Crippen molar-refractivity contribution in [3.05, 3.63) is 41.5 Å². The lowest BCUT2D eigenvalue weighted by Crippen LogP contribution is -2.30. The molecule has 4 heteroatoms.